The number of rotatable bonds is 3. The van der Waals surface area contributed by atoms with E-state index in [2.05, 4.69) is 0 Å². The number of amides is 1. The molecule has 1 aliphatic rings. The number of carbonyl (C=O) groups excluding carboxylic acids is 2. The Bertz CT molecular complexity index is 509. The third-order valence-corrected chi connectivity index (χ3v) is 3.46. The number of carbonyl (C=O) groups is 2. The van der Waals surface area contributed by atoms with Gasteiger partial charge in [-0.1, -0.05) is 13.8 Å². The molecule has 1 amide bonds. The van der Waals surface area contributed by atoms with Gasteiger partial charge in [0.1, 0.15) is 0 Å². The molecule has 1 aliphatic heterocycles. The van der Waals surface area contributed by atoms with Crippen molar-refractivity contribution < 1.29 is 9.59 Å². The number of nitrogens with two attached hydrogens (primary N) is 1. The monoisotopic (exact) mass is 246 g/mol. The molecular weight excluding hydrogens is 228 g/mol. The minimum atomic E-state index is -0.488. The van der Waals surface area contributed by atoms with E-state index in [4.69, 9.17) is 5.73 Å². The maximum Gasteiger partial charge on any atom is 0.231 e. The minimum absolute atomic E-state index is 0.0581. The molecule has 1 aromatic carbocycles. The SMILES string of the molecule is CC(C)C(N)C(=O)c1ccc2c(c1)CC(=O)N2C. The number of nitrogens with zero attached hydrogens (tertiary/aromatic N) is 1. The average molecular weight is 246 g/mol. The number of ketones is 1. The maximum absolute atomic E-state index is 12.1. The zero-order chi connectivity index (χ0) is 13.4. The molecule has 96 valence electrons. The Kier molecular flexibility index (Phi) is 3.22. The van der Waals surface area contributed by atoms with Crippen LogP contribution in [-0.2, 0) is 11.2 Å². The molecule has 0 radical (unpaired) electrons. The fourth-order valence-electron chi connectivity index (χ4n) is 2.12. The van der Waals surface area contributed by atoms with Gasteiger partial charge in [0, 0.05) is 18.3 Å². The molecule has 18 heavy (non-hydrogen) atoms. The van der Waals surface area contributed by atoms with Crippen LogP contribution in [0.2, 0.25) is 0 Å². The molecule has 4 nitrogen and oxygen atoms in total. The zero-order valence-electron chi connectivity index (χ0n) is 10.9. The Hall–Kier alpha value is -1.68. The fourth-order valence-corrected chi connectivity index (χ4v) is 2.12. The topological polar surface area (TPSA) is 63.4 Å². The van der Waals surface area contributed by atoms with E-state index < -0.39 is 6.04 Å². The molecule has 0 saturated heterocycles. The van der Waals surface area contributed by atoms with Gasteiger partial charge in [-0.05, 0) is 29.7 Å². The third-order valence-electron chi connectivity index (χ3n) is 3.46. The summed E-state index contributed by atoms with van der Waals surface area (Å²) in [5.41, 5.74) is 8.25. The van der Waals surface area contributed by atoms with Gasteiger partial charge in [0.15, 0.2) is 5.78 Å². The highest BCUT2D eigenvalue weighted by atomic mass is 16.2. The summed E-state index contributed by atoms with van der Waals surface area (Å²) in [5, 5.41) is 0. The van der Waals surface area contributed by atoms with Crippen LogP contribution in [0.1, 0.15) is 29.8 Å². The summed E-state index contributed by atoms with van der Waals surface area (Å²) in [5.74, 6) is 0.104. The minimum Gasteiger partial charge on any atom is -0.321 e. The van der Waals surface area contributed by atoms with Gasteiger partial charge < -0.3 is 10.6 Å². The first-order valence-corrected chi connectivity index (χ1v) is 6.11. The molecule has 1 unspecified atom stereocenters. The molecule has 0 fully saturated rings. The highest BCUT2D eigenvalue weighted by Crippen LogP contribution is 2.28. The van der Waals surface area contributed by atoms with Crippen LogP contribution >= 0.6 is 0 Å². The Labute approximate surface area is 107 Å². The van der Waals surface area contributed by atoms with E-state index in [0.717, 1.165) is 11.3 Å². The summed E-state index contributed by atoms with van der Waals surface area (Å²) < 4.78 is 0. The largest absolute Gasteiger partial charge is 0.321 e. The predicted octanol–water partition coefficient (Wildman–Crippen LogP) is 1.37. The zero-order valence-corrected chi connectivity index (χ0v) is 10.9. The van der Waals surface area contributed by atoms with Crippen molar-refractivity contribution in [2.45, 2.75) is 26.3 Å². The molecule has 0 saturated carbocycles. The summed E-state index contributed by atoms with van der Waals surface area (Å²) >= 11 is 0. The van der Waals surface area contributed by atoms with Crippen LogP contribution in [-0.4, -0.2) is 24.8 Å². The quantitative estimate of drug-likeness (QED) is 0.819. The standard InChI is InChI=1S/C14H18N2O2/c1-8(2)13(15)14(18)9-4-5-11-10(6-9)7-12(17)16(11)3/h4-6,8,13H,7,15H2,1-3H3. The molecule has 1 aromatic rings. The molecule has 0 aromatic heterocycles. The predicted molar refractivity (Wildman–Crippen MR) is 70.7 cm³/mol. The van der Waals surface area contributed by atoms with Crippen LogP contribution in [0.25, 0.3) is 0 Å². The molecule has 0 spiro atoms. The first-order valence-electron chi connectivity index (χ1n) is 6.11. The van der Waals surface area contributed by atoms with Gasteiger partial charge in [0.2, 0.25) is 5.91 Å². The summed E-state index contributed by atoms with van der Waals surface area (Å²) in [6.07, 6.45) is 0.365. The molecule has 0 bridgehead atoms. The van der Waals surface area contributed by atoms with Crippen molar-refractivity contribution in [2.24, 2.45) is 11.7 Å². The molecular formula is C14H18N2O2. The van der Waals surface area contributed by atoms with Crippen molar-refractivity contribution in [3.8, 4) is 0 Å². The van der Waals surface area contributed by atoms with Crippen LogP contribution in [0.15, 0.2) is 18.2 Å². The first-order chi connectivity index (χ1) is 8.41. The number of Topliss-reactive ketones (excluding diaryl/α,β-unsaturated/α-hetero) is 1. The number of anilines is 1. The number of hydrogen-bond donors (Lipinski definition) is 1. The van der Waals surface area contributed by atoms with Gasteiger partial charge in [-0.25, -0.2) is 0 Å². The number of hydrogen-bond acceptors (Lipinski definition) is 3. The van der Waals surface area contributed by atoms with E-state index in [1.54, 1.807) is 24.1 Å². The number of likely N-dealkylation sites (N-methyl/N-ethyl adjacent to an activating group) is 1. The molecule has 2 N–H and O–H groups in total. The second-order valence-corrected chi connectivity index (χ2v) is 5.11. The highest BCUT2D eigenvalue weighted by molar-refractivity contribution is 6.04. The average Bonchev–Trinajstić information content (AvgIpc) is 2.62. The van der Waals surface area contributed by atoms with Crippen molar-refractivity contribution in [2.75, 3.05) is 11.9 Å². The van der Waals surface area contributed by atoms with E-state index in [0.29, 0.717) is 12.0 Å². The maximum atomic E-state index is 12.1. The van der Waals surface area contributed by atoms with Crippen LogP contribution in [0.4, 0.5) is 5.69 Å². The van der Waals surface area contributed by atoms with Crippen LogP contribution in [0, 0.1) is 5.92 Å². The van der Waals surface area contributed by atoms with Crippen molar-refractivity contribution in [1.82, 2.24) is 0 Å². The fraction of sp³-hybridized carbons (Fsp3) is 0.429. The molecule has 1 heterocycles. The summed E-state index contributed by atoms with van der Waals surface area (Å²) in [6.45, 7) is 3.85. The van der Waals surface area contributed by atoms with E-state index >= 15 is 0 Å². The lowest BCUT2D eigenvalue weighted by Crippen LogP contribution is -2.35. The lowest BCUT2D eigenvalue weighted by atomic mass is 9.94. The highest BCUT2D eigenvalue weighted by Gasteiger charge is 2.26. The van der Waals surface area contributed by atoms with Crippen LogP contribution in [0.3, 0.4) is 0 Å². The first kappa shape index (κ1) is 12.8. The summed E-state index contributed by atoms with van der Waals surface area (Å²) in [7, 11) is 1.75. The van der Waals surface area contributed by atoms with Gasteiger partial charge in [-0.3, -0.25) is 9.59 Å². The van der Waals surface area contributed by atoms with E-state index in [-0.39, 0.29) is 17.6 Å². The van der Waals surface area contributed by atoms with Crippen LogP contribution < -0.4 is 10.6 Å². The Morgan fingerprint density at radius 2 is 2.06 bits per heavy atom. The van der Waals surface area contributed by atoms with Gasteiger partial charge in [-0.2, -0.15) is 0 Å². The number of fused-ring (bicyclic) bond motifs is 1. The van der Waals surface area contributed by atoms with Gasteiger partial charge >= 0.3 is 0 Å². The van der Waals surface area contributed by atoms with Crippen molar-refractivity contribution >= 4 is 17.4 Å². The Morgan fingerprint density at radius 1 is 1.39 bits per heavy atom. The normalized spacial score (nSPS) is 16.1. The summed E-state index contributed by atoms with van der Waals surface area (Å²) in [4.78, 5) is 25.3. The molecule has 4 heteroatoms. The number of benzene rings is 1. The Morgan fingerprint density at radius 3 is 2.67 bits per heavy atom. The smallest absolute Gasteiger partial charge is 0.231 e. The van der Waals surface area contributed by atoms with E-state index in [9.17, 15) is 9.59 Å². The van der Waals surface area contributed by atoms with Crippen molar-refractivity contribution in [3.63, 3.8) is 0 Å². The second-order valence-electron chi connectivity index (χ2n) is 5.11. The summed E-state index contributed by atoms with van der Waals surface area (Å²) in [6, 6.07) is 4.87. The second kappa shape index (κ2) is 4.53. The van der Waals surface area contributed by atoms with Gasteiger partial charge in [0.05, 0.1) is 12.5 Å². The lowest BCUT2D eigenvalue weighted by molar-refractivity contribution is -0.117. The molecule has 0 aliphatic carbocycles. The van der Waals surface area contributed by atoms with Crippen LogP contribution in [0.5, 0.6) is 0 Å². The lowest BCUT2D eigenvalue weighted by Gasteiger charge is -2.15. The molecule has 2 rings (SSSR count). The van der Waals surface area contributed by atoms with Crippen molar-refractivity contribution in [3.05, 3.63) is 29.3 Å². The Balaban J connectivity index is 2.31. The third kappa shape index (κ3) is 2.04. The molecule has 1 atom stereocenters. The van der Waals surface area contributed by atoms with E-state index in [1.165, 1.54) is 0 Å². The van der Waals surface area contributed by atoms with Gasteiger partial charge in [0.25, 0.3) is 0 Å². The van der Waals surface area contributed by atoms with Gasteiger partial charge in [-0.15, -0.1) is 0 Å². The van der Waals surface area contributed by atoms with E-state index in [1.807, 2.05) is 19.9 Å². The van der Waals surface area contributed by atoms with Crippen molar-refractivity contribution in [1.29, 1.82) is 0 Å².